The van der Waals surface area contributed by atoms with Crippen LogP contribution >= 0.6 is 0 Å². The van der Waals surface area contributed by atoms with E-state index in [0.29, 0.717) is 12.5 Å². The molecule has 2 rings (SSSR count). The third kappa shape index (κ3) is 2.25. The molecule has 2 nitrogen and oxygen atoms in total. The lowest BCUT2D eigenvalue weighted by Gasteiger charge is -2.19. The zero-order chi connectivity index (χ0) is 10.7. The quantitative estimate of drug-likeness (QED) is 0.825. The molecule has 15 heavy (non-hydrogen) atoms. The molecule has 2 heteroatoms. The van der Waals surface area contributed by atoms with E-state index in [4.69, 9.17) is 10.2 Å². The van der Waals surface area contributed by atoms with E-state index in [2.05, 4.69) is 13.0 Å². The first kappa shape index (κ1) is 10.7. The van der Waals surface area contributed by atoms with Crippen LogP contribution in [0.25, 0.3) is 0 Å². The van der Waals surface area contributed by atoms with E-state index < -0.39 is 0 Å². The van der Waals surface area contributed by atoms with E-state index in [1.165, 1.54) is 43.4 Å². The molecular weight excluding hydrogens is 186 g/mol. The van der Waals surface area contributed by atoms with Crippen molar-refractivity contribution in [1.29, 1.82) is 0 Å². The average Bonchev–Trinajstić information content (AvgIpc) is 2.73. The highest BCUT2D eigenvalue weighted by atomic mass is 16.3. The first-order valence-electron chi connectivity index (χ1n) is 6.16. The minimum absolute atomic E-state index is 0.611. The van der Waals surface area contributed by atoms with Crippen LogP contribution in [0.5, 0.6) is 0 Å². The third-order valence-corrected chi connectivity index (χ3v) is 3.46. The van der Waals surface area contributed by atoms with Gasteiger partial charge >= 0.3 is 0 Å². The Balaban J connectivity index is 2.16. The summed E-state index contributed by atoms with van der Waals surface area (Å²) in [5.74, 6) is 2.94. The Morgan fingerprint density at radius 1 is 1.33 bits per heavy atom. The summed E-state index contributed by atoms with van der Waals surface area (Å²) in [6.45, 7) is 2.74. The van der Waals surface area contributed by atoms with Crippen molar-refractivity contribution >= 4 is 0 Å². The van der Waals surface area contributed by atoms with Crippen LogP contribution in [0.3, 0.4) is 0 Å². The molecule has 1 heterocycles. The fourth-order valence-corrected chi connectivity index (χ4v) is 2.55. The number of aryl methyl sites for hydroxylation is 1. The lowest BCUT2D eigenvalue weighted by molar-refractivity contribution is 0.362. The molecule has 0 unspecified atom stereocenters. The van der Waals surface area contributed by atoms with Crippen LogP contribution in [-0.2, 0) is 13.0 Å². The zero-order valence-electron chi connectivity index (χ0n) is 9.59. The molecule has 0 amide bonds. The van der Waals surface area contributed by atoms with Crippen LogP contribution in [0.4, 0.5) is 0 Å². The minimum Gasteiger partial charge on any atom is -0.465 e. The zero-order valence-corrected chi connectivity index (χ0v) is 9.59. The van der Waals surface area contributed by atoms with Gasteiger partial charge in [0.15, 0.2) is 0 Å². The van der Waals surface area contributed by atoms with Gasteiger partial charge in [0.1, 0.15) is 11.5 Å². The number of rotatable bonds is 3. The largest absolute Gasteiger partial charge is 0.465 e. The van der Waals surface area contributed by atoms with Gasteiger partial charge in [-0.3, -0.25) is 0 Å². The van der Waals surface area contributed by atoms with E-state index in [0.717, 1.165) is 12.2 Å². The Labute approximate surface area is 91.8 Å². The minimum atomic E-state index is 0.611. The van der Waals surface area contributed by atoms with Crippen LogP contribution in [0.2, 0.25) is 0 Å². The van der Waals surface area contributed by atoms with Gasteiger partial charge in [-0.1, -0.05) is 26.2 Å². The molecule has 0 aliphatic heterocycles. The third-order valence-electron chi connectivity index (χ3n) is 3.46. The topological polar surface area (TPSA) is 39.2 Å². The van der Waals surface area contributed by atoms with E-state index in [-0.39, 0.29) is 0 Å². The predicted octanol–water partition coefficient (Wildman–Crippen LogP) is 3.35. The molecule has 0 atom stereocenters. The van der Waals surface area contributed by atoms with Crippen molar-refractivity contribution in [3.8, 4) is 0 Å². The van der Waals surface area contributed by atoms with Gasteiger partial charge in [0.2, 0.25) is 0 Å². The summed E-state index contributed by atoms with van der Waals surface area (Å²) in [4.78, 5) is 0. The van der Waals surface area contributed by atoms with Gasteiger partial charge in [-0.2, -0.15) is 0 Å². The second-order valence-corrected chi connectivity index (χ2v) is 4.49. The van der Waals surface area contributed by atoms with Gasteiger partial charge in [-0.15, -0.1) is 0 Å². The van der Waals surface area contributed by atoms with Gasteiger partial charge in [0, 0.05) is 24.4 Å². The Bertz CT molecular complexity index is 289. The van der Waals surface area contributed by atoms with Crippen LogP contribution < -0.4 is 5.73 Å². The molecule has 1 aliphatic rings. The molecular formula is C13H21NO. The summed E-state index contributed by atoms with van der Waals surface area (Å²) < 4.78 is 5.91. The lowest BCUT2D eigenvalue weighted by Crippen LogP contribution is -2.03. The fourth-order valence-electron chi connectivity index (χ4n) is 2.55. The first-order valence-corrected chi connectivity index (χ1v) is 6.16. The van der Waals surface area contributed by atoms with Crippen molar-refractivity contribution < 1.29 is 4.42 Å². The first-order chi connectivity index (χ1) is 7.35. The van der Waals surface area contributed by atoms with E-state index in [9.17, 15) is 0 Å². The van der Waals surface area contributed by atoms with Crippen molar-refractivity contribution in [2.45, 2.75) is 57.9 Å². The van der Waals surface area contributed by atoms with Crippen molar-refractivity contribution in [3.05, 3.63) is 23.2 Å². The molecule has 1 aromatic heterocycles. The van der Waals surface area contributed by atoms with Crippen LogP contribution in [0.15, 0.2) is 10.5 Å². The highest BCUT2D eigenvalue weighted by molar-refractivity contribution is 5.23. The van der Waals surface area contributed by atoms with Gasteiger partial charge in [0.05, 0.1) is 0 Å². The molecule has 0 spiro atoms. The molecule has 0 radical (unpaired) electrons. The van der Waals surface area contributed by atoms with Crippen molar-refractivity contribution in [2.24, 2.45) is 5.73 Å². The van der Waals surface area contributed by atoms with Crippen molar-refractivity contribution in [2.75, 3.05) is 0 Å². The van der Waals surface area contributed by atoms with Gasteiger partial charge in [-0.05, 0) is 18.9 Å². The van der Waals surface area contributed by atoms with E-state index in [1.807, 2.05) is 0 Å². The number of hydrogen-bond acceptors (Lipinski definition) is 2. The molecule has 0 aromatic carbocycles. The lowest BCUT2D eigenvalue weighted by atomic mass is 9.87. The Kier molecular flexibility index (Phi) is 3.47. The van der Waals surface area contributed by atoms with Crippen molar-refractivity contribution in [1.82, 2.24) is 0 Å². The Morgan fingerprint density at radius 2 is 2.07 bits per heavy atom. The molecule has 1 aliphatic carbocycles. The summed E-state index contributed by atoms with van der Waals surface area (Å²) in [7, 11) is 0. The average molecular weight is 207 g/mol. The standard InChI is InChI=1S/C13H21NO/c1-2-12-11(9-14)8-13(15-12)10-6-4-3-5-7-10/h8,10H,2-7,9,14H2,1H3. The van der Waals surface area contributed by atoms with Gasteiger partial charge < -0.3 is 10.2 Å². The van der Waals surface area contributed by atoms with Gasteiger partial charge in [0.25, 0.3) is 0 Å². The second kappa shape index (κ2) is 4.84. The summed E-state index contributed by atoms with van der Waals surface area (Å²) in [5.41, 5.74) is 6.92. The second-order valence-electron chi connectivity index (χ2n) is 4.49. The van der Waals surface area contributed by atoms with Crippen molar-refractivity contribution in [3.63, 3.8) is 0 Å². The normalized spacial score (nSPS) is 18.3. The molecule has 1 saturated carbocycles. The highest BCUT2D eigenvalue weighted by Gasteiger charge is 2.20. The Morgan fingerprint density at radius 3 is 2.60 bits per heavy atom. The smallest absolute Gasteiger partial charge is 0.108 e. The summed E-state index contributed by atoms with van der Waals surface area (Å²) in [5, 5.41) is 0. The Hall–Kier alpha value is -0.760. The maximum atomic E-state index is 5.91. The van der Waals surface area contributed by atoms with E-state index >= 15 is 0 Å². The molecule has 84 valence electrons. The maximum absolute atomic E-state index is 5.91. The van der Waals surface area contributed by atoms with Crippen LogP contribution in [0, 0.1) is 0 Å². The van der Waals surface area contributed by atoms with Crippen LogP contribution in [0.1, 0.15) is 62.0 Å². The fraction of sp³-hybridized carbons (Fsp3) is 0.692. The molecule has 1 aromatic rings. The molecule has 2 N–H and O–H groups in total. The SMILES string of the molecule is CCc1oc(C2CCCCC2)cc1CN. The summed E-state index contributed by atoms with van der Waals surface area (Å²) in [6, 6.07) is 2.19. The summed E-state index contributed by atoms with van der Waals surface area (Å²) >= 11 is 0. The van der Waals surface area contributed by atoms with Crippen LogP contribution in [-0.4, -0.2) is 0 Å². The number of nitrogens with two attached hydrogens (primary N) is 1. The monoisotopic (exact) mass is 207 g/mol. The highest BCUT2D eigenvalue weighted by Crippen LogP contribution is 2.34. The predicted molar refractivity (Wildman–Crippen MR) is 61.8 cm³/mol. The number of furan rings is 1. The number of hydrogen-bond donors (Lipinski definition) is 1. The van der Waals surface area contributed by atoms with Gasteiger partial charge in [-0.25, -0.2) is 0 Å². The maximum Gasteiger partial charge on any atom is 0.108 e. The molecule has 0 bridgehead atoms. The molecule has 0 saturated heterocycles. The molecule has 1 fully saturated rings. The summed E-state index contributed by atoms with van der Waals surface area (Å²) in [6.07, 6.45) is 7.64. The van der Waals surface area contributed by atoms with E-state index in [1.54, 1.807) is 0 Å².